The summed E-state index contributed by atoms with van der Waals surface area (Å²) in [5.41, 5.74) is 2.63. The molecule has 7 heteroatoms. The number of nitrogens with zero attached hydrogens (tertiary/aromatic N) is 2. The van der Waals surface area contributed by atoms with Gasteiger partial charge in [-0.2, -0.15) is 0 Å². The van der Waals surface area contributed by atoms with E-state index in [1.54, 1.807) is 48.8 Å². The summed E-state index contributed by atoms with van der Waals surface area (Å²) in [6, 6.07) is 14.3. The number of aromatic nitrogens is 1. The lowest BCUT2D eigenvalue weighted by molar-refractivity contribution is -0.140. The third kappa shape index (κ3) is 3.71. The molecule has 166 valence electrons. The first kappa shape index (κ1) is 20.8. The van der Waals surface area contributed by atoms with Crippen LogP contribution in [0.15, 0.2) is 72.6 Å². The molecule has 1 fully saturated rings. The molecule has 2 atom stereocenters. The number of ketones is 1. The van der Waals surface area contributed by atoms with Gasteiger partial charge in [-0.1, -0.05) is 18.2 Å². The van der Waals surface area contributed by atoms with Crippen molar-refractivity contribution >= 4 is 17.4 Å². The average Bonchev–Trinajstić information content (AvgIpc) is 3.30. The second kappa shape index (κ2) is 8.09. The van der Waals surface area contributed by atoms with Crippen molar-refractivity contribution in [3.05, 3.63) is 94.8 Å². The number of phenolic OH excluding ortho intramolecular Hbond substituents is 1. The van der Waals surface area contributed by atoms with E-state index in [-0.39, 0.29) is 29.7 Å². The standard InChI is InChI=1S/C26H22N2O5/c1-15-10-19-11-18(7-8-21(19)33-15)24(30)22-23(17-5-2-6-20(29)12-17)28(26(32)25(22)31)14-16-4-3-9-27-13-16/h2-9,11-13,15,23,29-30H,10,14H2,1H3/t15-,23-/m0/s1. The quantitative estimate of drug-likeness (QED) is 0.363. The summed E-state index contributed by atoms with van der Waals surface area (Å²) in [6.45, 7) is 2.09. The summed E-state index contributed by atoms with van der Waals surface area (Å²) >= 11 is 0. The molecular formula is C26H22N2O5. The molecule has 7 nitrogen and oxygen atoms in total. The van der Waals surface area contributed by atoms with Crippen molar-refractivity contribution in [1.82, 2.24) is 9.88 Å². The third-order valence-corrected chi connectivity index (χ3v) is 5.97. The number of aliphatic hydroxyl groups excluding tert-OH is 1. The Morgan fingerprint density at radius 2 is 2.00 bits per heavy atom. The molecule has 2 aliphatic rings. The van der Waals surface area contributed by atoms with Gasteiger partial charge < -0.3 is 19.8 Å². The van der Waals surface area contributed by atoms with Crippen LogP contribution in [0.4, 0.5) is 0 Å². The molecule has 33 heavy (non-hydrogen) atoms. The largest absolute Gasteiger partial charge is 0.508 e. The predicted octanol–water partition coefficient (Wildman–Crippen LogP) is 3.73. The van der Waals surface area contributed by atoms with Crippen LogP contribution in [0.1, 0.15) is 35.2 Å². The summed E-state index contributed by atoms with van der Waals surface area (Å²) in [5, 5.41) is 21.3. The lowest BCUT2D eigenvalue weighted by atomic mass is 9.94. The Labute approximate surface area is 190 Å². The first-order chi connectivity index (χ1) is 15.9. The maximum atomic E-state index is 13.2. The third-order valence-electron chi connectivity index (χ3n) is 5.97. The molecule has 1 amide bonds. The molecule has 0 spiro atoms. The number of hydrogen-bond acceptors (Lipinski definition) is 6. The van der Waals surface area contributed by atoms with Gasteiger partial charge >= 0.3 is 0 Å². The van der Waals surface area contributed by atoms with Crippen LogP contribution in [0.25, 0.3) is 5.76 Å². The molecule has 0 unspecified atom stereocenters. The topological polar surface area (TPSA) is 100.0 Å². The van der Waals surface area contributed by atoms with Gasteiger partial charge in [-0.05, 0) is 60.0 Å². The van der Waals surface area contributed by atoms with E-state index in [4.69, 9.17) is 4.74 Å². The first-order valence-corrected chi connectivity index (χ1v) is 10.7. The summed E-state index contributed by atoms with van der Waals surface area (Å²) in [4.78, 5) is 31.7. The number of ether oxygens (including phenoxy) is 1. The van der Waals surface area contributed by atoms with Crippen molar-refractivity contribution in [2.24, 2.45) is 0 Å². The van der Waals surface area contributed by atoms with Crippen LogP contribution in [-0.4, -0.2) is 37.9 Å². The second-order valence-corrected chi connectivity index (χ2v) is 8.34. The Balaban J connectivity index is 1.64. The number of pyridine rings is 1. The average molecular weight is 442 g/mol. The van der Waals surface area contributed by atoms with Gasteiger partial charge in [-0.25, -0.2) is 0 Å². The fraction of sp³-hybridized carbons (Fsp3) is 0.192. The van der Waals surface area contributed by atoms with Crippen LogP contribution in [0.2, 0.25) is 0 Å². The zero-order valence-electron chi connectivity index (χ0n) is 17.9. The van der Waals surface area contributed by atoms with E-state index in [1.807, 2.05) is 13.0 Å². The Morgan fingerprint density at radius 1 is 1.15 bits per heavy atom. The van der Waals surface area contributed by atoms with E-state index < -0.39 is 17.7 Å². The number of amides is 1. The number of likely N-dealkylation sites (tertiary alicyclic amines) is 1. The molecule has 3 aromatic rings. The minimum absolute atomic E-state index is 0.00290. The van der Waals surface area contributed by atoms with Crippen molar-refractivity contribution in [2.45, 2.75) is 32.0 Å². The highest BCUT2D eigenvalue weighted by Crippen LogP contribution is 2.41. The van der Waals surface area contributed by atoms with Gasteiger partial charge in [0.15, 0.2) is 0 Å². The number of aromatic hydroxyl groups is 1. The fourth-order valence-corrected chi connectivity index (χ4v) is 4.50. The Hall–Kier alpha value is -4.13. The highest BCUT2D eigenvalue weighted by Gasteiger charge is 2.46. The monoisotopic (exact) mass is 442 g/mol. The second-order valence-electron chi connectivity index (χ2n) is 8.34. The lowest BCUT2D eigenvalue weighted by Crippen LogP contribution is -2.29. The van der Waals surface area contributed by atoms with Crippen molar-refractivity contribution in [1.29, 1.82) is 0 Å². The van der Waals surface area contributed by atoms with Gasteiger partial charge in [0.2, 0.25) is 0 Å². The van der Waals surface area contributed by atoms with Crippen LogP contribution in [-0.2, 0) is 22.6 Å². The molecule has 2 aliphatic heterocycles. The maximum Gasteiger partial charge on any atom is 0.295 e. The minimum atomic E-state index is -0.860. The van der Waals surface area contributed by atoms with Crippen molar-refractivity contribution in [3.63, 3.8) is 0 Å². The normalized spacial score (nSPS) is 21.2. The highest BCUT2D eigenvalue weighted by atomic mass is 16.5. The van der Waals surface area contributed by atoms with E-state index in [0.29, 0.717) is 17.5 Å². The molecule has 3 heterocycles. The van der Waals surface area contributed by atoms with Gasteiger partial charge in [0.25, 0.3) is 11.7 Å². The highest BCUT2D eigenvalue weighted by molar-refractivity contribution is 6.46. The van der Waals surface area contributed by atoms with Crippen LogP contribution >= 0.6 is 0 Å². The van der Waals surface area contributed by atoms with Crippen molar-refractivity contribution in [2.75, 3.05) is 0 Å². The number of carbonyl (C=O) groups is 2. The summed E-state index contributed by atoms with van der Waals surface area (Å²) in [7, 11) is 0. The van der Waals surface area contributed by atoms with Gasteiger partial charge in [-0.15, -0.1) is 0 Å². The fourth-order valence-electron chi connectivity index (χ4n) is 4.50. The molecule has 0 saturated carbocycles. The molecule has 2 N–H and O–H groups in total. The van der Waals surface area contributed by atoms with Gasteiger partial charge in [-0.3, -0.25) is 14.6 Å². The number of hydrogen-bond donors (Lipinski definition) is 2. The van der Waals surface area contributed by atoms with Gasteiger partial charge in [0.1, 0.15) is 23.4 Å². The Morgan fingerprint density at radius 3 is 2.76 bits per heavy atom. The molecule has 0 aliphatic carbocycles. The van der Waals surface area contributed by atoms with Crippen LogP contribution in [0.3, 0.4) is 0 Å². The molecule has 2 aromatic carbocycles. The van der Waals surface area contributed by atoms with Crippen LogP contribution in [0, 0.1) is 0 Å². The first-order valence-electron chi connectivity index (χ1n) is 10.7. The molecule has 5 rings (SSSR count). The van der Waals surface area contributed by atoms with E-state index in [9.17, 15) is 19.8 Å². The number of rotatable bonds is 4. The number of carbonyl (C=O) groups excluding carboxylic acids is 2. The number of Topliss-reactive ketones (excluding diaryl/α,β-unsaturated/α-hetero) is 1. The van der Waals surface area contributed by atoms with E-state index >= 15 is 0 Å². The molecule has 1 saturated heterocycles. The van der Waals surface area contributed by atoms with Gasteiger partial charge in [0.05, 0.1) is 11.6 Å². The number of fused-ring (bicyclic) bond motifs is 1. The Kier molecular flexibility index (Phi) is 5.09. The van der Waals surface area contributed by atoms with E-state index in [0.717, 1.165) is 16.9 Å². The minimum Gasteiger partial charge on any atom is -0.508 e. The van der Waals surface area contributed by atoms with E-state index in [1.165, 1.54) is 17.0 Å². The number of phenols is 1. The number of aliphatic hydroxyl groups is 1. The van der Waals surface area contributed by atoms with Crippen molar-refractivity contribution < 1.29 is 24.5 Å². The Bertz CT molecular complexity index is 1280. The summed E-state index contributed by atoms with van der Waals surface area (Å²) < 4.78 is 5.73. The molecule has 1 aromatic heterocycles. The SMILES string of the molecule is C[C@H]1Cc2cc(C(O)=C3C(=O)C(=O)N(Cc4cccnc4)[C@H]3c3cccc(O)c3)ccc2O1. The van der Waals surface area contributed by atoms with Gasteiger partial charge in [0, 0.05) is 30.9 Å². The zero-order valence-corrected chi connectivity index (χ0v) is 17.9. The smallest absolute Gasteiger partial charge is 0.295 e. The summed E-state index contributed by atoms with van der Waals surface area (Å²) in [6.07, 6.45) is 3.99. The predicted molar refractivity (Wildman–Crippen MR) is 120 cm³/mol. The van der Waals surface area contributed by atoms with Crippen LogP contribution < -0.4 is 4.74 Å². The van der Waals surface area contributed by atoms with E-state index in [2.05, 4.69) is 4.98 Å². The summed E-state index contributed by atoms with van der Waals surface area (Å²) in [5.74, 6) is -0.983. The number of benzene rings is 2. The zero-order chi connectivity index (χ0) is 23.1. The molecule has 0 bridgehead atoms. The molecule has 0 radical (unpaired) electrons. The molecular weight excluding hydrogens is 420 g/mol. The van der Waals surface area contributed by atoms with Crippen LogP contribution in [0.5, 0.6) is 11.5 Å². The van der Waals surface area contributed by atoms with Crippen molar-refractivity contribution in [3.8, 4) is 11.5 Å². The lowest BCUT2D eigenvalue weighted by Gasteiger charge is -2.25. The maximum absolute atomic E-state index is 13.2.